The molecular weight excluding hydrogens is 454 g/mol. The lowest BCUT2D eigenvalue weighted by molar-refractivity contribution is 0.193. The summed E-state index contributed by atoms with van der Waals surface area (Å²) in [5.74, 6) is 0. The lowest BCUT2D eigenvalue weighted by atomic mass is 10.2. The molecule has 2 aromatic rings. The van der Waals surface area contributed by atoms with Crippen LogP contribution in [-0.2, 0) is 33.6 Å². The van der Waals surface area contributed by atoms with Gasteiger partial charge in [0.25, 0.3) is 0 Å². The monoisotopic (exact) mass is 486 g/mol. The summed E-state index contributed by atoms with van der Waals surface area (Å²) in [6.45, 7) is 10.8. The first-order chi connectivity index (χ1) is 15.2. The van der Waals surface area contributed by atoms with Crippen molar-refractivity contribution in [3.8, 4) is 6.07 Å². The second-order valence-electron chi connectivity index (χ2n) is 6.97. The molecule has 0 aliphatic carbocycles. The average molecular weight is 486 g/mol. The van der Waals surface area contributed by atoms with E-state index in [9.17, 15) is 14.4 Å². The SMILES string of the molecule is CCOP(=O)(OCC)C(CCc1cc(C)nc2c(C#N)c(C)nn12)P(=O)(OCC)OCC. The fourth-order valence-corrected chi connectivity index (χ4v) is 8.89. The Balaban J connectivity index is 2.55. The van der Waals surface area contributed by atoms with E-state index in [0.717, 1.165) is 5.69 Å². The van der Waals surface area contributed by atoms with Crippen LogP contribution in [0.1, 0.15) is 56.8 Å². The molecule has 0 N–H and O–H groups in total. The van der Waals surface area contributed by atoms with E-state index >= 15 is 0 Å². The maximum atomic E-state index is 13.7. The second-order valence-corrected chi connectivity index (χ2v) is 11.8. The Labute approximate surface area is 189 Å². The number of hydrogen-bond acceptors (Lipinski definition) is 9. The predicted molar refractivity (Wildman–Crippen MR) is 121 cm³/mol. The Morgan fingerprint density at radius 1 is 1.00 bits per heavy atom. The van der Waals surface area contributed by atoms with Crippen LogP contribution < -0.4 is 0 Å². The Morgan fingerprint density at radius 3 is 1.94 bits per heavy atom. The lowest BCUT2D eigenvalue weighted by Crippen LogP contribution is -2.19. The van der Waals surface area contributed by atoms with Gasteiger partial charge in [0.15, 0.2) is 11.0 Å². The van der Waals surface area contributed by atoms with Crippen LogP contribution in [0.4, 0.5) is 0 Å². The van der Waals surface area contributed by atoms with Gasteiger partial charge in [-0.05, 0) is 60.5 Å². The van der Waals surface area contributed by atoms with Gasteiger partial charge in [-0.25, -0.2) is 9.50 Å². The predicted octanol–water partition coefficient (Wildman–Crippen LogP) is 5.01. The molecule has 0 fully saturated rings. The molecular formula is C20H32N4O6P2. The van der Waals surface area contributed by atoms with Crippen molar-refractivity contribution in [1.29, 1.82) is 5.26 Å². The smallest absolute Gasteiger partial charge is 0.308 e. The van der Waals surface area contributed by atoms with Crippen LogP contribution in [0.25, 0.3) is 5.65 Å². The van der Waals surface area contributed by atoms with Crippen molar-refractivity contribution in [2.24, 2.45) is 0 Å². The largest absolute Gasteiger partial charge is 0.345 e. The van der Waals surface area contributed by atoms with Gasteiger partial charge in [-0.1, -0.05) is 0 Å². The zero-order chi connectivity index (χ0) is 23.9. The number of aromatic nitrogens is 3. The summed E-state index contributed by atoms with van der Waals surface area (Å²) in [7, 11) is -7.68. The Morgan fingerprint density at radius 2 is 1.50 bits per heavy atom. The minimum Gasteiger partial charge on any atom is -0.308 e. The third kappa shape index (κ3) is 5.66. The number of nitrogens with zero attached hydrogens (tertiary/aromatic N) is 4. The fraction of sp³-hybridized carbons (Fsp3) is 0.650. The number of hydrogen-bond donors (Lipinski definition) is 0. The third-order valence-electron chi connectivity index (χ3n) is 4.70. The lowest BCUT2D eigenvalue weighted by Gasteiger charge is -2.31. The maximum Gasteiger partial charge on any atom is 0.345 e. The quantitative estimate of drug-likeness (QED) is 0.359. The summed E-state index contributed by atoms with van der Waals surface area (Å²) in [6.07, 6.45) is 0.443. The highest BCUT2D eigenvalue weighted by Crippen LogP contribution is 2.71. The van der Waals surface area contributed by atoms with Crippen molar-refractivity contribution in [3.63, 3.8) is 0 Å². The van der Waals surface area contributed by atoms with Crippen LogP contribution >= 0.6 is 15.2 Å². The highest BCUT2D eigenvalue weighted by Gasteiger charge is 2.50. The van der Waals surface area contributed by atoms with Crippen LogP contribution in [0.5, 0.6) is 0 Å². The molecule has 0 aromatic carbocycles. The van der Waals surface area contributed by atoms with Crippen molar-refractivity contribution < 1.29 is 27.2 Å². The molecule has 178 valence electrons. The van der Waals surface area contributed by atoms with Crippen LogP contribution in [0.15, 0.2) is 6.07 Å². The summed E-state index contributed by atoms with van der Waals surface area (Å²) >= 11 is 0. The number of rotatable bonds is 13. The molecule has 12 heteroatoms. The second kappa shape index (κ2) is 11.5. The van der Waals surface area contributed by atoms with E-state index in [0.29, 0.717) is 29.0 Å². The van der Waals surface area contributed by atoms with Gasteiger partial charge in [-0.2, -0.15) is 10.4 Å². The van der Waals surface area contributed by atoms with Crippen LogP contribution in [0.2, 0.25) is 0 Å². The minimum absolute atomic E-state index is 0.120. The highest BCUT2D eigenvalue weighted by atomic mass is 31.2. The molecule has 0 aliphatic rings. The molecule has 0 atom stereocenters. The van der Waals surface area contributed by atoms with Gasteiger partial charge in [0.1, 0.15) is 11.6 Å². The number of fused-ring (bicyclic) bond motifs is 1. The Kier molecular flexibility index (Phi) is 9.59. The van der Waals surface area contributed by atoms with Gasteiger partial charge in [0.2, 0.25) is 0 Å². The molecule has 0 spiro atoms. The third-order valence-corrected chi connectivity index (χ3v) is 10.8. The first-order valence-corrected chi connectivity index (χ1v) is 13.9. The van der Waals surface area contributed by atoms with Gasteiger partial charge >= 0.3 is 15.2 Å². The van der Waals surface area contributed by atoms with Crippen molar-refractivity contribution in [1.82, 2.24) is 14.6 Å². The first-order valence-electron chi connectivity index (χ1n) is 10.7. The molecule has 32 heavy (non-hydrogen) atoms. The van der Waals surface area contributed by atoms with E-state index in [-0.39, 0.29) is 32.8 Å². The molecule has 0 bridgehead atoms. The summed E-state index contributed by atoms with van der Waals surface area (Å²) in [5.41, 5.74) is 2.84. The molecule has 0 radical (unpaired) electrons. The molecule has 0 saturated carbocycles. The highest BCUT2D eigenvalue weighted by molar-refractivity contribution is 7.72. The molecule has 2 aromatic heterocycles. The maximum absolute atomic E-state index is 13.7. The zero-order valence-electron chi connectivity index (χ0n) is 19.5. The van der Waals surface area contributed by atoms with E-state index in [4.69, 9.17) is 18.1 Å². The molecule has 0 saturated heterocycles. The summed E-state index contributed by atoms with van der Waals surface area (Å²) in [4.78, 5) is 4.44. The van der Waals surface area contributed by atoms with Crippen molar-refractivity contribution in [2.75, 3.05) is 26.4 Å². The van der Waals surface area contributed by atoms with Gasteiger partial charge < -0.3 is 18.1 Å². The van der Waals surface area contributed by atoms with Gasteiger partial charge in [-0.15, -0.1) is 0 Å². The van der Waals surface area contributed by atoms with Crippen LogP contribution in [0, 0.1) is 25.2 Å². The van der Waals surface area contributed by atoms with E-state index < -0.39 is 20.6 Å². The van der Waals surface area contributed by atoms with Gasteiger partial charge in [-0.3, -0.25) is 9.13 Å². The summed E-state index contributed by atoms with van der Waals surface area (Å²) in [6, 6.07) is 3.97. The van der Waals surface area contributed by atoms with Gasteiger partial charge in [0.05, 0.1) is 32.1 Å². The standard InChI is InChI=1S/C20H32N4O6P2/c1-7-27-31(25,28-8-2)19(32(26,29-9-3)30-10-4)12-11-17-13-15(5)22-20-18(14-21)16(6)23-24(17)20/h13,19H,7-12H2,1-6H3. The summed E-state index contributed by atoms with van der Waals surface area (Å²) < 4.78 is 51.2. The Bertz CT molecular complexity index is 1010. The Hall–Kier alpha value is -1.59. The van der Waals surface area contributed by atoms with Gasteiger partial charge in [0, 0.05) is 11.4 Å². The molecule has 0 aliphatic heterocycles. The van der Waals surface area contributed by atoms with E-state index in [2.05, 4.69) is 16.2 Å². The molecule has 10 nitrogen and oxygen atoms in total. The van der Waals surface area contributed by atoms with Crippen molar-refractivity contribution in [3.05, 3.63) is 28.7 Å². The van der Waals surface area contributed by atoms with Crippen molar-refractivity contribution in [2.45, 2.75) is 59.8 Å². The van der Waals surface area contributed by atoms with Crippen LogP contribution in [-0.4, -0.2) is 46.4 Å². The van der Waals surface area contributed by atoms with E-state index in [1.54, 1.807) is 39.1 Å². The number of aryl methyl sites for hydroxylation is 3. The molecule has 2 rings (SSSR count). The summed E-state index contributed by atoms with van der Waals surface area (Å²) in [5, 5.41) is 12.8. The normalized spacial score (nSPS) is 12.6. The van der Waals surface area contributed by atoms with E-state index in [1.807, 2.05) is 13.0 Å². The molecule has 0 amide bonds. The van der Waals surface area contributed by atoms with Crippen LogP contribution in [0.3, 0.4) is 0 Å². The molecule has 2 heterocycles. The topological polar surface area (TPSA) is 125 Å². The minimum atomic E-state index is -3.84. The number of nitriles is 1. The molecule has 0 unspecified atom stereocenters. The fourth-order valence-electron chi connectivity index (χ4n) is 3.53. The zero-order valence-corrected chi connectivity index (χ0v) is 21.3. The average Bonchev–Trinajstić information content (AvgIpc) is 3.03. The first kappa shape index (κ1) is 26.7. The van der Waals surface area contributed by atoms with E-state index in [1.165, 1.54) is 0 Å². The van der Waals surface area contributed by atoms with Crippen molar-refractivity contribution >= 4 is 20.8 Å².